The summed E-state index contributed by atoms with van der Waals surface area (Å²) >= 11 is 0. The third-order valence-corrected chi connectivity index (χ3v) is 2.05. The molecule has 0 aliphatic heterocycles. The van der Waals surface area contributed by atoms with E-state index in [0.29, 0.717) is 6.04 Å². The van der Waals surface area contributed by atoms with Gasteiger partial charge >= 0.3 is 0 Å². The largest absolute Gasteiger partial charge is 0.300 e. The van der Waals surface area contributed by atoms with Gasteiger partial charge in [0.2, 0.25) is 0 Å². The summed E-state index contributed by atoms with van der Waals surface area (Å²) in [6, 6.07) is 0.857. The Morgan fingerprint density at radius 1 is 1.64 bits per heavy atom. The molecule has 1 heteroatoms. The first-order valence-electron chi connectivity index (χ1n) is 4.24. The molecule has 1 nitrogen and oxygen atoms in total. The van der Waals surface area contributed by atoms with E-state index in [9.17, 15) is 0 Å². The molecule has 0 saturated heterocycles. The highest BCUT2D eigenvalue weighted by Crippen LogP contribution is 2.10. The zero-order valence-corrected chi connectivity index (χ0v) is 7.01. The molecule has 0 spiro atoms. The lowest BCUT2D eigenvalue weighted by Crippen LogP contribution is -2.35. The Bertz CT molecular complexity index is 168. The molecule has 0 heterocycles. The fourth-order valence-electron chi connectivity index (χ4n) is 1.32. The fourth-order valence-corrected chi connectivity index (χ4v) is 1.32. The Kier molecular flexibility index (Phi) is 3.19. The van der Waals surface area contributed by atoms with Crippen molar-refractivity contribution in [2.45, 2.75) is 38.3 Å². The van der Waals surface area contributed by atoms with Crippen molar-refractivity contribution in [2.24, 2.45) is 0 Å². The molecule has 1 unspecified atom stereocenters. The summed E-state index contributed by atoms with van der Waals surface area (Å²) < 4.78 is 0. The van der Waals surface area contributed by atoms with E-state index in [-0.39, 0.29) is 6.04 Å². The maximum Gasteiger partial charge on any atom is 0.0686 e. The van der Waals surface area contributed by atoms with Crippen molar-refractivity contribution in [3.63, 3.8) is 0 Å². The second-order valence-corrected chi connectivity index (χ2v) is 2.93. The Balaban J connectivity index is 2.24. The van der Waals surface area contributed by atoms with Crippen molar-refractivity contribution in [2.75, 3.05) is 0 Å². The van der Waals surface area contributed by atoms with Crippen LogP contribution in [0.4, 0.5) is 0 Å². The zero-order valence-electron chi connectivity index (χ0n) is 7.01. The molecule has 0 saturated carbocycles. The maximum absolute atomic E-state index is 5.33. The first-order valence-corrected chi connectivity index (χ1v) is 4.24. The normalized spacial score (nSPS) is 20.0. The van der Waals surface area contributed by atoms with Crippen LogP contribution in [0.25, 0.3) is 0 Å². The summed E-state index contributed by atoms with van der Waals surface area (Å²) in [5.41, 5.74) is 0. The number of rotatable bonds is 3. The molecule has 0 aromatic heterocycles. The molecular formula is C10H15N. The van der Waals surface area contributed by atoms with E-state index < -0.39 is 0 Å². The van der Waals surface area contributed by atoms with Gasteiger partial charge in [0.25, 0.3) is 0 Å². The number of hydrogen-bond acceptors (Lipinski definition) is 1. The van der Waals surface area contributed by atoms with E-state index in [4.69, 9.17) is 6.42 Å². The monoisotopic (exact) mass is 149 g/mol. The lowest BCUT2D eigenvalue weighted by molar-refractivity contribution is 0.487. The van der Waals surface area contributed by atoms with E-state index >= 15 is 0 Å². The highest BCUT2D eigenvalue weighted by atomic mass is 14.9. The van der Waals surface area contributed by atoms with Crippen LogP contribution in [-0.4, -0.2) is 12.1 Å². The van der Waals surface area contributed by atoms with Crippen molar-refractivity contribution >= 4 is 0 Å². The summed E-state index contributed by atoms with van der Waals surface area (Å²) in [5.74, 6) is 2.74. The fraction of sp³-hybridized carbons (Fsp3) is 0.600. The van der Waals surface area contributed by atoms with Gasteiger partial charge in [0.15, 0.2) is 0 Å². The standard InChI is InChI=1S/C10H15N/c1-3-9(4-2)11-10-7-5-6-8-10/h1,5-6,9-11H,4,7-8H2,2H3. The lowest BCUT2D eigenvalue weighted by atomic mass is 10.1. The van der Waals surface area contributed by atoms with Crippen LogP contribution < -0.4 is 5.32 Å². The topological polar surface area (TPSA) is 12.0 Å². The first kappa shape index (κ1) is 8.36. The van der Waals surface area contributed by atoms with E-state index in [1.54, 1.807) is 0 Å². The molecule has 0 fully saturated rings. The van der Waals surface area contributed by atoms with Gasteiger partial charge in [-0.1, -0.05) is 25.0 Å². The van der Waals surface area contributed by atoms with E-state index in [1.807, 2.05) is 0 Å². The van der Waals surface area contributed by atoms with E-state index in [2.05, 4.69) is 30.3 Å². The van der Waals surface area contributed by atoms with Crippen molar-refractivity contribution in [3.8, 4) is 12.3 Å². The molecule has 0 aromatic rings. The molecule has 1 atom stereocenters. The van der Waals surface area contributed by atoms with E-state index in [0.717, 1.165) is 19.3 Å². The van der Waals surface area contributed by atoms with Crippen molar-refractivity contribution < 1.29 is 0 Å². The van der Waals surface area contributed by atoms with Crippen LogP contribution in [0.1, 0.15) is 26.2 Å². The van der Waals surface area contributed by atoms with Crippen LogP contribution in [0.5, 0.6) is 0 Å². The molecule has 11 heavy (non-hydrogen) atoms. The van der Waals surface area contributed by atoms with Gasteiger partial charge in [0, 0.05) is 6.04 Å². The van der Waals surface area contributed by atoms with Gasteiger partial charge in [-0.2, -0.15) is 0 Å². The molecule has 0 aromatic carbocycles. The van der Waals surface area contributed by atoms with Gasteiger partial charge in [-0.05, 0) is 19.3 Å². The highest BCUT2D eigenvalue weighted by Gasteiger charge is 2.12. The second-order valence-electron chi connectivity index (χ2n) is 2.93. The summed E-state index contributed by atoms with van der Waals surface area (Å²) in [5, 5.41) is 3.42. The van der Waals surface area contributed by atoms with Crippen LogP contribution >= 0.6 is 0 Å². The first-order chi connectivity index (χ1) is 5.36. The minimum atomic E-state index is 0.264. The lowest BCUT2D eigenvalue weighted by Gasteiger charge is -2.16. The number of terminal acetylenes is 1. The van der Waals surface area contributed by atoms with E-state index in [1.165, 1.54) is 0 Å². The van der Waals surface area contributed by atoms with Crippen molar-refractivity contribution in [3.05, 3.63) is 12.2 Å². The Morgan fingerprint density at radius 3 is 2.73 bits per heavy atom. The highest BCUT2D eigenvalue weighted by molar-refractivity contribution is 5.04. The van der Waals surface area contributed by atoms with Gasteiger partial charge in [0.05, 0.1) is 6.04 Å². The van der Waals surface area contributed by atoms with Crippen LogP contribution in [-0.2, 0) is 0 Å². The molecule has 60 valence electrons. The molecular weight excluding hydrogens is 134 g/mol. The summed E-state index contributed by atoms with van der Waals surface area (Å²) in [4.78, 5) is 0. The van der Waals surface area contributed by atoms with Gasteiger partial charge in [-0.25, -0.2) is 0 Å². The third kappa shape index (κ3) is 2.40. The summed E-state index contributed by atoms with van der Waals surface area (Å²) in [7, 11) is 0. The third-order valence-electron chi connectivity index (χ3n) is 2.05. The van der Waals surface area contributed by atoms with Crippen LogP contribution in [0, 0.1) is 12.3 Å². The average molecular weight is 149 g/mol. The van der Waals surface area contributed by atoms with Crippen LogP contribution in [0.2, 0.25) is 0 Å². The smallest absolute Gasteiger partial charge is 0.0686 e. The average Bonchev–Trinajstić information content (AvgIpc) is 2.52. The SMILES string of the molecule is C#CC(CC)NC1CC=CC1. The van der Waals surface area contributed by atoms with Gasteiger partial charge < -0.3 is 5.32 Å². The van der Waals surface area contributed by atoms with Crippen LogP contribution in [0.3, 0.4) is 0 Å². The predicted molar refractivity (Wildman–Crippen MR) is 48.2 cm³/mol. The second kappa shape index (κ2) is 4.20. The number of nitrogens with one attached hydrogen (secondary N) is 1. The van der Waals surface area contributed by atoms with Gasteiger partial charge in [-0.3, -0.25) is 0 Å². The minimum absolute atomic E-state index is 0.264. The zero-order chi connectivity index (χ0) is 8.10. The number of hydrogen-bond donors (Lipinski definition) is 1. The maximum atomic E-state index is 5.33. The Morgan fingerprint density at radius 2 is 2.27 bits per heavy atom. The minimum Gasteiger partial charge on any atom is -0.300 e. The molecule has 0 amide bonds. The molecule has 1 rings (SSSR count). The molecule has 1 N–H and O–H groups in total. The predicted octanol–water partition coefficient (Wildman–Crippen LogP) is 1.71. The Labute approximate surface area is 68.9 Å². The molecule has 0 bridgehead atoms. The summed E-state index contributed by atoms with van der Waals surface area (Å²) in [6.07, 6.45) is 13.0. The quantitative estimate of drug-likeness (QED) is 0.476. The van der Waals surface area contributed by atoms with Crippen molar-refractivity contribution in [1.29, 1.82) is 0 Å². The molecule has 1 aliphatic carbocycles. The molecule has 1 aliphatic rings. The van der Waals surface area contributed by atoms with Crippen LogP contribution in [0.15, 0.2) is 12.2 Å². The Hall–Kier alpha value is -0.740. The van der Waals surface area contributed by atoms with Gasteiger partial charge in [0.1, 0.15) is 0 Å². The summed E-state index contributed by atoms with van der Waals surface area (Å²) in [6.45, 7) is 2.11. The van der Waals surface area contributed by atoms with Gasteiger partial charge in [-0.15, -0.1) is 6.42 Å². The van der Waals surface area contributed by atoms with Crippen molar-refractivity contribution in [1.82, 2.24) is 5.32 Å². The molecule has 0 radical (unpaired) electrons.